The first-order valence-electron chi connectivity index (χ1n) is 5.56. The Kier molecular flexibility index (Phi) is 2.91. The van der Waals surface area contributed by atoms with Gasteiger partial charge in [0.15, 0.2) is 0 Å². The topological polar surface area (TPSA) is 27.0 Å². The SMILES string of the molecule is CC(C#N)c1ccc(N2CCCC2)cc1. The third-order valence-corrected chi connectivity index (χ3v) is 3.06. The van der Waals surface area contributed by atoms with Crippen molar-refractivity contribution in [3.8, 4) is 6.07 Å². The van der Waals surface area contributed by atoms with Gasteiger partial charge in [-0.25, -0.2) is 0 Å². The monoisotopic (exact) mass is 200 g/mol. The quantitative estimate of drug-likeness (QED) is 0.734. The van der Waals surface area contributed by atoms with Crippen molar-refractivity contribution in [1.82, 2.24) is 0 Å². The fourth-order valence-electron chi connectivity index (χ4n) is 2.02. The summed E-state index contributed by atoms with van der Waals surface area (Å²) in [5.74, 6) is -0.00220. The molecule has 1 fully saturated rings. The molecule has 78 valence electrons. The van der Waals surface area contributed by atoms with Crippen LogP contribution in [0.2, 0.25) is 0 Å². The van der Waals surface area contributed by atoms with E-state index in [1.54, 1.807) is 0 Å². The summed E-state index contributed by atoms with van der Waals surface area (Å²) in [6.45, 7) is 4.28. The molecule has 0 aliphatic carbocycles. The Labute approximate surface area is 91.1 Å². The first-order valence-corrected chi connectivity index (χ1v) is 5.56. The van der Waals surface area contributed by atoms with Gasteiger partial charge in [-0.05, 0) is 37.5 Å². The van der Waals surface area contributed by atoms with E-state index in [1.165, 1.54) is 31.6 Å². The summed E-state index contributed by atoms with van der Waals surface area (Å²) in [6, 6.07) is 10.7. The predicted octanol–water partition coefficient (Wildman–Crippen LogP) is 2.91. The van der Waals surface area contributed by atoms with Gasteiger partial charge in [-0.15, -0.1) is 0 Å². The van der Waals surface area contributed by atoms with Crippen molar-refractivity contribution in [3.63, 3.8) is 0 Å². The molecule has 0 spiro atoms. The van der Waals surface area contributed by atoms with Crippen molar-refractivity contribution in [2.24, 2.45) is 0 Å². The summed E-state index contributed by atoms with van der Waals surface area (Å²) in [5.41, 5.74) is 2.40. The van der Waals surface area contributed by atoms with E-state index in [-0.39, 0.29) is 5.92 Å². The molecule has 2 rings (SSSR count). The molecular weight excluding hydrogens is 184 g/mol. The Balaban J connectivity index is 2.13. The van der Waals surface area contributed by atoms with Crippen molar-refractivity contribution in [1.29, 1.82) is 5.26 Å². The first kappa shape index (κ1) is 10.0. The lowest BCUT2D eigenvalue weighted by Gasteiger charge is -2.17. The second-order valence-corrected chi connectivity index (χ2v) is 4.14. The maximum Gasteiger partial charge on any atom is 0.0700 e. The largest absolute Gasteiger partial charge is 0.372 e. The minimum absolute atomic E-state index is 0.00220. The van der Waals surface area contributed by atoms with Gasteiger partial charge in [-0.3, -0.25) is 0 Å². The van der Waals surface area contributed by atoms with E-state index in [1.807, 2.05) is 6.92 Å². The zero-order chi connectivity index (χ0) is 10.7. The lowest BCUT2D eigenvalue weighted by atomic mass is 10.0. The number of nitriles is 1. The number of benzene rings is 1. The van der Waals surface area contributed by atoms with Crippen molar-refractivity contribution in [2.45, 2.75) is 25.7 Å². The lowest BCUT2D eigenvalue weighted by Crippen LogP contribution is -2.17. The van der Waals surface area contributed by atoms with Gasteiger partial charge in [-0.2, -0.15) is 5.26 Å². The number of anilines is 1. The molecule has 1 aliphatic heterocycles. The van der Waals surface area contributed by atoms with Crippen LogP contribution in [0.5, 0.6) is 0 Å². The van der Waals surface area contributed by atoms with Gasteiger partial charge in [0.25, 0.3) is 0 Å². The summed E-state index contributed by atoms with van der Waals surface area (Å²) in [6.07, 6.45) is 2.60. The number of hydrogen-bond acceptors (Lipinski definition) is 2. The van der Waals surface area contributed by atoms with Crippen LogP contribution in [-0.4, -0.2) is 13.1 Å². The summed E-state index contributed by atoms with van der Waals surface area (Å²) >= 11 is 0. The fraction of sp³-hybridized carbons (Fsp3) is 0.462. The van der Waals surface area contributed by atoms with Crippen LogP contribution in [-0.2, 0) is 0 Å². The minimum atomic E-state index is -0.00220. The molecule has 1 saturated heterocycles. The molecule has 1 aliphatic rings. The standard InChI is InChI=1S/C13H16N2/c1-11(10-14)12-4-6-13(7-5-12)15-8-2-3-9-15/h4-7,11H,2-3,8-9H2,1H3. The van der Waals surface area contributed by atoms with E-state index in [0.29, 0.717) is 0 Å². The predicted molar refractivity (Wildman–Crippen MR) is 61.9 cm³/mol. The van der Waals surface area contributed by atoms with Gasteiger partial charge in [-0.1, -0.05) is 12.1 Å². The highest BCUT2D eigenvalue weighted by molar-refractivity contribution is 5.49. The zero-order valence-corrected chi connectivity index (χ0v) is 9.11. The number of nitrogens with zero attached hydrogens (tertiary/aromatic N) is 2. The highest BCUT2D eigenvalue weighted by Crippen LogP contribution is 2.22. The van der Waals surface area contributed by atoms with Crippen LogP contribution < -0.4 is 4.90 Å². The second kappa shape index (κ2) is 4.35. The maximum absolute atomic E-state index is 8.81. The highest BCUT2D eigenvalue weighted by Gasteiger charge is 2.12. The molecule has 0 amide bonds. The van der Waals surface area contributed by atoms with Gasteiger partial charge < -0.3 is 4.90 Å². The molecule has 0 aromatic heterocycles. The van der Waals surface area contributed by atoms with Crippen LogP contribution in [0.4, 0.5) is 5.69 Å². The summed E-state index contributed by atoms with van der Waals surface area (Å²) in [5, 5.41) is 8.81. The van der Waals surface area contributed by atoms with Crippen LogP contribution in [0.15, 0.2) is 24.3 Å². The molecule has 0 radical (unpaired) electrons. The van der Waals surface area contributed by atoms with Crippen molar-refractivity contribution >= 4 is 5.69 Å². The molecule has 0 saturated carbocycles. The Morgan fingerprint density at radius 2 is 1.80 bits per heavy atom. The van der Waals surface area contributed by atoms with Crippen LogP contribution in [0.1, 0.15) is 31.2 Å². The van der Waals surface area contributed by atoms with Crippen LogP contribution in [0.25, 0.3) is 0 Å². The molecule has 1 atom stereocenters. The lowest BCUT2D eigenvalue weighted by molar-refractivity contribution is 0.949. The summed E-state index contributed by atoms with van der Waals surface area (Å²) in [7, 11) is 0. The first-order chi connectivity index (χ1) is 7.31. The van der Waals surface area contributed by atoms with Crippen LogP contribution >= 0.6 is 0 Å². The molecule has 2 heteroatoms. The smallest absolute Gasteiger partial charge is 0.0700 e. The van der Waals surface area contributed by atoms with Gasteiger partial charge in [0.2, 0.25) is 0 Å². The Morgan fingerprint density at radius 1 is 1.20 bits per heavy atom. The second-order valence-electron chi connectivity index (χ2n) is 4.14. The van der Waals surface area contributed by atoms with E-state index in [0.717, 1.165) is 5.56 Å². The van der Waals surface area contributed by atoms with Gasteiger partial charge in [0.1, 0.15) is 0 Å². The number of rotatable bonds is 2. The average Bonchev–Trinajstić information content (AvgIpc) is 2.82. The third kappa shape index (κ3) is 2.12. The Hall–Kier alpha value is -1.49. The number of hydrogen-bond donors (Lipinski definition) is 0. The van der Waals surface area contributed by atoms with Crippen molar-refractivity contribution < 1.29 is 0 Å². The van der Waals surface area contributed by atoms with Gasteiger partial charge in [0.05, 0.1) is 12.0 Å². The van der Waals surface area contributed by atoms with E-state index < -0.39 is 0 Å². The van der Waals surface area contributed by atoms with Gasteiger partial charge >= 0.3 is 0 Å². The minimum Gasteiger partial charge on any atom is -0.372 e. The highest BCUT2D eigenvalue weighted by atomic mass is 15.1. The van der Waals surface area contributed by atoms with E-state index in [9.17, 15) is 0 Å². The van der Waals surface area contributed by atoms with Crippen molar-refractivity contribution in [2.75, 3.05) is 18.0 Å². The van der Waals surface area contributed by atoms with Crippen LogP contribution in [0, 0.1) is 11.3 Å². The van der Waals surface area contributed by atoms with Crippen molar-refractivity contribution in [3.05, 3.63) is 29.8 Å². The summed E-state index contributed by atoms with van der Waals surface area (Å²) in [4.78, 5) is 2.40. The molecule has 0 N–H and O–H groups in total. The molecule has 1 aromatic carbocycles. The Bertz CT molecular complexity index is 355. The molecule has 15 heavy (non-hydrogen) atoms. The zero-order valence-electron chi connectivity index (χ0n) is 9.11. The van der Waals surface area contributed by atoms with Gasteiger partial charge in [0, 0.05) is 18.8 Å². The molecule has 0 bridgehead atoms. The maximum atomic E-state index is 8.81. The molecule has 1 aromatic rings. The third-order valence-electron chi connectivity index (χ3n) is 3.06. The fourth-order valence-corrected chi connectivity index (χ4v) is 2.02. The normalized spacial score (nSPS) is 17.5. The Morgan fingerprint density at radius 3 is 2.33 bits per heavy atom. The van der Waals surface area contributed by atoms with E-state index >= 15 is 0 Å². The van der Waals surface area contributed by atoms with E-state index in [4.69, 9.17) is 5.26 Å². The molecule has 1 heterocycles. The van der Waals surface area contributed by atoms with Crippen LogP contribution in [0.3, 0.4) is 0 Å². The molecule has 1 unspecified atom stereocenters. The molecular formula is C13H16N2. The van der Waals surface area contributed by atoms with E-state index in [2.05, 4.69) is 35.2 Å². The average molecular weight is 200 g/mol. The molecule has 2 nitrogen and oxygen atoms in total. The summed E-state index contributed by atoms with van der Waals surface area (Å²) < 4.78 is 0.